The van der Waals surface area contributed by atoms with E-state index in [1.165, 1.54) is 0 Å². The van der Waals surface area contributed by atoms with Gasteiger partial charge in [0.15, 0.2) is 0 Å². The first-order chi connectivity index (χ1) is 11.0. The van der Waals surface area contributed by atoms with E-state index in [9.17, 15) is 4.79 Å². The van der Waals surface area contributed by atoms with E-state index in [2.05, 4.69) is 22.7 Å². The highest BCUT2D eigenvalue weighted by atomic mass is 35.5. The smallest absolute Gasteiger partial charge is 0.254 e. The average Bonchev–Trinajstić information content (AvgIpc) is 2.99. The number of hydrogen-bond acceptors (Lipinski definition) is 3. The second-order valence-electron chi connectivity index (χ2n) is 5.82. The summed E-state index contributed by atoms with van der Waals surface area (Å²) in [5.41, 5.74) is 1.19. The molecule has 1 fully saturated rings. The molecular weight excluding hydrogens is 371 g/mol. The number of benzene rings is 1. The van der Waals surface area contributed by atoms with Crippen LogP contribution < -0.4 is 10.6 Å². The third-order valence-electron chi connectivity index (χ3n) is 4.15. The lowest BCUT2D eigenvalue weighted by Gasteiger charge is -2.30. The summed E-state index contributed by atoms with van der Waals surface area (Å²) in [4.78, 5) is 12.4. The van der Waals surface area contributed by atoms with E-state index in [1.54, 1.807) is 35.3 Å². The number of rotatable bonds is 3. The fourth-order valence-electron chi connectivity index (χ4n) is 2.67. The lowest BCUT2D eigenvalue weighted by molar-refractivity contribution is 0.0915. The summed E-state index contributed by atoms with van der Waals surface area (Å²) in [6, 6.07) is 5.29. The average molecular weight is 390 g/mol. The van der Waals surface area contributed by atoms with Gasteiger partial charge in [0, 0.05) is 23.8 Å². The predicted octanol–water partition coefficient (Wildman–Crippen LogP) is 3.33. The fraction of sp³-hybridized carbons (Fsp3) is 0.375. The Balaban J connectivity index is 0.00000208. The number of carbonyl (C=O) groups is 1. The van der Waals surface area contributed by atoms with E-state index in [0.717, 1.165) is 19.5 Å². The van der Waals surface area contributed by atoms with Crippen LogP contribution in [0.2, 0.25) is 10.0 Å². The van der Waals surface area contributed by atoms with Crippen molar-refractivity contribution in [2.75, 3.05) is 13.1 Å². The van der Waals surface area contributed by atoms with Crippen molar-refractivity contribution < 1.29 is 4.79 Å². The van der Waals surface area contributed by atoms with Gasteiger partial charge >= 0.3 is 0 Å². The first kappa shape index (κ1) is 19.1. The highest BCUT2D eigenvalue weighted by Crippen LogP contribution is 2.24. The maximum absolute atomic E-state index is 12.4. The number of carbonyl (C=O) groups excluding carboxylic acids is 1. The zero-order valence-electron chi connectivity index (χ0n) is 13.1. The molecule has 1 amide bonds. The molecule has 3 rings (SSSR count). The number of nitrogens with one attached hydrogen (secondary N) is 2. The molecule has 1 aliphatic heterocycles. The molecule has 2 atom stereocenters. The summed E-state index contributed by atoms with van der Waals surface area (Å²) in [5.74, 6) is 0.336. The molecule has 0 aliphatic carbocycles. The Morgan fingerprint density at radius 1 is 1.42 bits per heavy atom. The van der Waals surface area contributed by atoms with Crippen molar-refractivity contribution in [3.8, 4) is 5.69 Å². The summed E-state index contributed by atoms with van der Waals surface area (Å²) < 4.78 is 1.58. The topological polar surface area (TPSA) is 58.9 Å². The third-order valence-corrected chi connectivity index (χ3v) is 4.68. The Kier molecular flexibility index (Phi) is 6.52. The maximum atomic E-state index is 12.4. The SMILES string of the molecule is CC1CCNCC1NC(=O)c1cnn(-c2ccc(Cl)cc2Cl)c1.Cl. The molecule has 2 N–H and O–H groups in total. The van der Waals surface area contributed by atoms with Gasteiger partial charge in [0.25, 0.3) is 5.91 Å². The van der Waals surface area contributed by atoms with Gasteiger partial charge in [-0.2, -0.15) is 5.10 Å². The van der Waals surface area contributed by atoms with Crippen LogP contribution in [0.4, 0.5) is 0 Å². The van der Waals surface area contributed by atoms with Crippen molar-refractivity contribution >= 4 is 41.5 Å². The third kappa shape index (κ3) is 4.22. The Bertz CT molecular complexity index is 719. The molecule has 0 bridgehead atoms. The van der Waals surface area contributed by atoms with Crippen LogP contribution >= 0.6 is 35.6 Å². The molecule has 0 radical (unpaired) electrons. The van der Waals surface area contributed by atoms with Gasteiger partial charge in [0.1, 0.15) is 0 Å². The summed E-state index contributed by atoms with van der Waals surface area (Å²) in [5, 5.41) is 11.6. The van der Waals surface area contributed by atoms with Crippen LogP contribution in [0.5, 0.6) is 0 Å². The van der Waals surface area contributed by atoms with Gasteiger partial charge in [-0.15, -0.1) is 12.4 Å². The van der Waals surface area contributed by atoms with Crippen molar-refractivity contribution in [1.82, 2.24) is 20.4 Å². The van der Waals surface area contributed by atoms with Crippen LogP contribution in [0.25, 0.3) is 5.69 Å². The van der Waals surface area contributed by atoms with Crippen LogP contribution in [0.1, 0.15) is 23.7 Å². The van der Waals surface area contributed by atoms with Crippen molar-refractivity contribution in [2.45, 2.75) is 19.4 Å². The molecular formula is C16H19Cl3N4O. The van der Waals surface area contributed by atoms with Crippen LogP contribution in [0.15, 0.2) is 30.6 Å². The molecule has 2 heterocycles. The van der Waals surface area contributed by atoms with E-state index >= 15 is 0 Å². The van der Waals surface area contributed by atoms with E-state index in [1.807, 2.05) is 0 Å². The molecule has 1 aromatic carbocycles. The lowest BCUT2D eigenvalue weighted by Crippen LogP contribution is -2.50. The zero-order valence-corrected chi connectivity index (χ0v) is 15.5. The van der Waals surface area contributed by atoms with Crippen molar-refractivity contribution in [3.05, 3.63) is 46.2 Å². The molecule has 1 aromatic heterocycles. The lowest BCUT2D eigenvalue weighted by atomic mass is 9.94. The molecule has 0 spiro atoms. The van der Waals surface area contributed by atoms with Crippen LogP contribution in [-0.4, -0.2) is 34.8 Å². The molecule has 8 heteroatoms. The molecule has 5 nitrogen and oxygen atoms in total. The second kappa shape index (κ2) is 8.21. The monoisotopic (exact) mass is 388 g/mol. The molecule has 0 saturated carbocycles. The Morgan fingerprint density at radius 2 is 2.21 bits per heavy atom. The summed E-state index contributed by atoms with van der Waals surface area (Å²) >= 11 is 12.1. The van der Waals surface area contributed by atoms with Crippen LogP contribution in [0, 0.1) is 5.92 Å². The first-order valence-electron chi connectivity index (χ1n) is 7.56. The number of nitrogens with zero attached hydrogens (tertiary/aromatic N) is 2. The van der Waals surface area contributed by atoms with Crippen LogP contribution in [0.3, 0.4) is 0 Å². The second-order valence-corrected chi connectivity index (χ2v) is 6.66. The Labute approximate surface area is 157 Å². The minimum atomic E-state index is -0.123. The highest BCUT2D eigenvalue weighted by Gasteiger charge is 2.23. The van der Waals surface area contributed by atoms with E-state index in [0.29, 0.717) is 27.2 Å². The minimum Gasteiger partial charge on any atom is -0.348 e. The highest BCUT2D eigenvalue weighted by molar-refractivity contribution is 6.35. The van der Waals surface area contributed by atoms with Crippen molar-refractivity contribution in [3.63, 3.8) is 0 Å². The number of halogens is 3. The number of amides is 1. The largest absolute Gasteiger partial charge is 0.348 e. The van der Waals surface area contributed by atoms with Gasteiger partial charge in [-0.3, -0.25) is 4.79 Å². The van der Waals surface area contributed by atoms with Gasteiger partial charge in [0.2, 0.25) is 0 Å². The quantitative estimate of drug-likeness (QED) is 0.846. The number of hydrogen-bond donors (Lipinski definition) is 2. The number of piperidine rings is 1. The summed E-state index contributed by atoms with van der Waals surface area (Å²) in [7, 11) is 0. The molecule has 1 aliphatic rings. The summed E-state index contributed by atoms with van der Waals surface area (Å²) in [6.45, 7) is 3.95. The molecule has 2 aromatic rings. The molecule has 24 heavy (non-hydrogen) atoms. The predicted molar refractivity (Wildman–Crippen MR) is 98.7 cm³/mol. The molecule has 130 valence electrons. The van der Waals surface area contributed by atoms with Crippen molar-refractivity contribution in [2.24, 2.45) is 5.92 Å². The fourth-order valence-corrected chi connectivity index (χ4v) is 3.17. The van der Waals surface area contributed by atoms with E-state index in [-0.39, 0.29) is 24.4 Å². The van der Waals surface area contributed by atoms with Crippen molar-refractivity contribution in [1.29, 1.82) is 0 Å². The molecule has 2 unspecified atom stereocenters. The minimum absolute atomic E-state index is 0. The normalized spacial score (nSPS) is 20.3. The Morgan fingerprint density at radius 3 is 2.92 bits per heavy atom. The van der Waals surface area contributed by atoms with Gasteiger partial charge in [0.05, 0.1) is 22.5 Å². The van der Waals surface area contributed by atoms with Gasteiger partial charge in [-0.05, 0) is 37.1 Å². The van der Waals surface area contributed by atoms with Gasteiger partial charge < -0.3 is 10.6 Å². The van der Waals surface area contributed by atoms with Gasteiger partial charge in [-0.25, -0.2) is 4.68 Å². The van der Waals surface area contributed by atoms with E-state index in [4.69, 9.17) is 23.2 Å². The molecule has 1 saturated heterocycles. The first-order valence-corrected chi connectivity index (χ1v) is 8.32. The number of aromatic nitrogens is 2. The van der Waals surface area contributed by atoms with E-state index < -0.39 is 0 Å². The standard InChI is InChI=1S/C16H18Cl2N4O.ClH/c1-10-4-5-19-8-14(10)21-16(23)11-7-20-22(9-11)15-3-2-12(17)6-13(15)18;/h2-3,6-7,9-10,14,19H,4-5,8H2,1H3,(H,21,23);1H. The maximum Gasteiger partial charge on any atom is 0.254 e. The Hall–Kier alpha value is -1.27. The van der Waals surface area contributed by atoms with Crippen LogP contribution in [-0.2, 0) is 0 Å². The zero-order chi connectivity index (χ0) is 16.4. The summed E-state index contributed by atoms with van der Waals surface area (Å²) in [6.07, 6.45) is 4.27. The van der Waals surface area contributed by atoms with Gasteiger partial charge in [-0.1, -0.05) is 30.1 Å².